The lowest BCUT2D eigenvalue weighted by Gasteiger charge is -2.37. The third-order valence-corrected chi connectivity index (χ3v) is 8.33. The summed E-state index contributed by atoms with van der Waals surface area (Å²) in [5.74, 6) is 1.09. The number of aryl methyl sites for hydroxylation is 1. The standard InChI is InChI=1S/C29H38N6O/c1-21-7-4-8-22-9-5-11-26(27(21)22)35-14-12-24-25(19-35)30-29(36-20-23-10-6-13-33(23)3)31-28(24)34-17-15-32(2)16-18-34/h4-5,7-9,11,23H,6,10,12-20H2,1-3H3. The van der Waals surface area contributed by atoms with Crippen LogP contribution in [0.1, 0.15) is 29.7 Å². The van der Waals surface area contributed by atoms with Crippen molar-refractivity contribution in [1.82, 2.24) is 19.8 Å². The molecule has 0 radical (unpaired) electrons. The number of piperazine rings is 1. The zero-order chi connectivity index (χ0) is 24.6. The van der Waals surface area contributed by atoms with Crippen molar-refractivity contribution in [2.75, 3.05) is 69.8 Å². The third kappa shape index (κ3) is 4.50. The predicted octanol–water partition coefficient (Wildman–Crippen LogP) is 3.73. The number of fused-ring (bicyclic) bond motifs is 2. The third-order valence-electron chi connectivity index (χ3n) is 8.33. The van der Waals surface area contributed by atoms with Crippen LogP contribution in [0.2, 0.25) is 0 Å². The van der Waals surface area contributed by atoms with Crippen LogP contribution < -0.4 is 14.5 Å². The second-order valence-corrected chi connectivity index (χ2v) is 10.8. The van der Waals surface area contributed by atoms with Gasteiger partial charge in [0.2, 0.25) is 0 Å². The molecule has 0 spiro atoms. The molecule has 1 atom stereocenters. The van der Waals surface area contributed by atoms with Crippen LogP contribution in [0.25, 0.3) is 10.8 Å². The van der Waals surface area contributed by atoms with Gasteiger partial charge in [0.05, 0.1) is 12.2 Å². The molecular formula is C29H38N6O. The number of likely N-dealkylation sites (tertiary alicyclic amines) is 1. The van der Waals surface area contributed by atoms with Crippen molar-refractivity contribution in [3.63, 3.8) is 0 Å². The van der Waals surface area contributed by atoms with E-state index in [0.29, 0.717) is 18.7 Å². The summed E-state index contributed by atoms with van der Waals surface area (Å²) < 4.78 is 6.29. The number of hydrogen-bond donors (Lipinski definition) is 0. The van der Waals surface area contributed by atoms with E-state index in [9.17, 15) is 0 Å². The fourth-order valence-corrected chi connectivity index (χ4v) is 6.07. The van der Waals surface area contributed by atoms with E-state index in [1.165, 1.54) is 40.4 Å². The van der Waals surface area contributed by atoms with Crippen molar-refractivity contribution in [2.45, 2.75) is 38.8 Å². The molecule has 3 aliphatic heterocycles. The maximum Gasteiger partial charge on any atom is 0.318 e. The molecule has 0 aliphatic carbocycles. The summed E-state index contributed by atoms with van der Waals surface area (Å²) in [5, 5.41) is 2.64. The van der Waals surface area contributed by atoms with Crippen molar-refractivity contribution >= 4 is 22.3 Å². The van der Waals surface area contributed by atoms with E-state index in [-0.39, 0.29) is 0 Å². The van der Waals surface area contributed by atoms with Gasteiger partial charge in [0.1, 0.15) is 12.4 Å². The highest BCUT2D eigenvalue weighted by atomic mass is 16.5. The Balaban J connectivity index is 1.33. The van der Waals surface area contributed by atoms with E-state index in [0.717, 1.165) is 63.7 Å². The molecule has 3 aromatic rings. The first-order chi connectivity index (χ1) is 17.6. The first-order valence-electron chi connectivity index (χ1n) is 13.5. The Morgan fingerprint density at radius 2 is 1.72 bits per heavy atom. The number of ether oxygens (including phenoxy) is 1. The van der Waals surface area contributed by atoms with Gasteiger partial charge in [-0.25, -0.2) is 0 Å². The van der Waals surface area contributed by atoms with Crippen molar-refractivity contribution in [3.8, 4) is 6.01 Å². The lowest BCUT2D eigenvalue weighted by Crippen LogP contribution is -2.46. The second kappa shape index (κ2) is 9.87. The summed E-state index contributed by atoms with van der Waals surface area (Å²) in [5.41, 5.74) is 5.04. The Bertz CT molecular complexity index is 1230. The van der Waals surface area contributed by atoms with E-state index in [1.807, 2.05) is 0 Å². The molecule has 6 rings (SSSR count). The minimum Gasteiger partial charge on any atom is -0.462 e. The molecule has 4 heterocycles. The normalized spacial score (nSPS) is 21.2. The van der Waals surface area contributed by atoms with Gasteiger partial charge in [0, 0.05) is 55.4 Å². The number of hydrogen-bond acceptors (Lipinski definition) is 7. The van der Waals surface area contributed by atoms with Gasteiger partial charge in [-0.3, -0.25) is 0 Å². The average Bonchev–Trinajstić information content (AvgIpc) is 3.31. The lowest BCUT2D eigenvalue weighted by molar-refractivity contribution is 0.187. The molecule has 1 unspecified atom stereocenters. The van der Waals surface area contributed by atoms with Gasteiger partial charge in [-0.05, 0) is 63.8 Å². The Hall–Kier alpha value is -2.90. The first kappa shape index (κ1) is 23.5. The minimum absolute atomic E-state index is 0.451. The monoisotopic (exact) mass is 486 g/mol. The summed E-state index contributed by atoms with van der Waals surface area (Å²) in [6.07, 6.45) is 3.37. The number of nitrogens with zero attached hydrogens (tertiary/aromatic N) is 6. The Morgan fingerprint density at radius 3 is 2.50 bits per heavy atom. The molecular weight excluding hydrogens is 448 g/mol. The minimum atomic E-state index is 0.451. The molecule has 0 bridgehead atoms. The van der Waals surface area contributed by atoms with Crippen LogP contribution in [0.3, 0.4) is 0 Å². The highest BCUT2D eigenvalue weighted by molar-refractivity contribution is 5.97. The number of benzene rings is 2. The maximum atomic E-state index is 6.29. The molecule has 2 aromatic carbocycles. The smallest absolute Gasteiger partial charge is 0.318 e. The van der Waals surface area contributed by atoms with E-state index < -0.39 is 0 Å². The first-order valence-corrected chi connectivity index (χ1v) is 13.5. The Morgan fingerprint density at radius 1 is 0.917 bits per heavy atom. The van der Waals surface area contributed by atoms with Crippen LogP contribution in [-0.2, 0) is 13.0 Å². The highest BCUT2D eigenvalue weighted by Gasteiger charge is 2.29. The van der Waals surface area contributed by atoms with Crippen LogP contribution in [-0.4, -0.2) is 85.8 Å². The molecule has 0 amide bonds. The summed E-state index contributed by atoms with van der Waals surface area (Å²) in [7, 11) is 4.39. The SMILES string of the molecule is Cc1cccc2cccc(N3CCc4c(nc(OCC5CCCN5C)nc4N4CCN(C)CC4)C3)c12. The van der Waals surface area contributed by atoms with Crippen LogP contribution in [0.5, 0.6) is 6.01 Å². The van der Waals surface area contributed by atoms with E-state index >= 15 is 0 Å². The molecule has 2 fully saturated rings. The van der Waals surface area contributed by atoms with Gasteiger partial charge in [0.25, 0.3) is 0 Å². The fourth-order valence-electron chi connectivity index (χ4n) is 6.07. The second-order valence-electron chi connectivity index (χ2n) is 10.8. The molecule has 7 heteroatoms. The number of likely N-dealkylation sites (N-methyl/N-ethyl adjacent to an activating group) is 2. The van der Waals surface area contributed by atoms with Gasteiger partial charge in [-0.1, -0.05) is 30.3 Å². The molecule has 2 saturated heterocycles. The van der Waals surface area contributed by atoms with Crippen LogP contribution >= 0.6 is 0 Å². The summed E-state index contributed by atoms with van der Waals surface area (Å²) in [4.78, 5) is 19.8. The topological polar surface area (TPSA) is 48.0 Å². The van der Waals surface area contributed by atoms with E-state index in [4.69, 9.17) is 14.7 Å². The summed E-state index contributed by atoms with van der Waals surface area (Å²) >= 11 is 0. The lowest BCUT2D eigenvalue weighted by atomic mass is 9.99. The zero-order valence-corrected chi connectivity index (χ0v) is 21.9. The van der Waals surface area contributed by atoms with Crippen LogP contribution in [0.4, 0.5) is 11.5 Å². The van der Waals surface area contributed by atoms with Crippen molar-refractivity contribution in [2.24, 2.45) is 0 Å². The maximum absolute atomic E-state index is 6.29. The van der Waals surface area contributed by atoms with E-state index in [2.05, 4.69) is 77.0 Å². The van der Waals surface area contributed by atoms with Crippen molar-refractivity contribution in [3.05, 3.63) is 53.2 Å². The van der Waals surface area contributed by atoms with Gasteiger partial charge >= 0.3 is 6.01 Å². The van der Waals surface area contributed by atoms with Gasteiger partial charge in [-0.2, -0.15) is 9.97 Å². The molecule has 36 heavy (non-hydrogen) atoms. The largest absolute Gasteiger partial charge is 0.462 e. The molecule has 3 aliphatic rings. The average molecular weight is 487 g/mol. The quantitative estimate of drug-likeness (QED) is 0.545. The number of rotatable bonds is 5. The van der Waals surface area contributed by atoms with Crippen molar-refractivity contribution in [1.29, 1.82) is 0 Å². The Labute approximate surface area is 214 Å². The summed E-state index contributed by atoms with van der Waals surface area (Å²) in [6.45, 7) is 9.88. The fraction of sp³-hybridized carbons (Fsp3) is 0.517. The highest BCUT2D eigenvalue weighted by Crippen LogP contribution is 2.35. The molecule has 190 valence electrons. The van der Waals surface area contributed by atoms with E-state index in [1.54, 1.807) is 0 Å². The van der Waals surface area contributed by atoms with Gasteiger partial charge < -0.3 is 24.3 Å². The zero-order valence-electron chi connectivity index (χ0n) is 21.9. The Kier molecular flexibility index (Phi) is 6.44. The van der Waals surface area contributed by atoms with Gasteiger partial charge in [0.15, 0.2) is 0 Å². The molecule has 0 N–H and O–H groups in total. The predicted molar refractivity (Wildman–Crippen MR) is 146 cm³/mol. The number of anilines is 2. The van der Waals surface area contributed by atoms with Crippen LogP contribution in [0.15, 0.2) is 36.4 Å². The molecule has 0 saturated carbocycles. The number of aromatic nitrogens is 2. The van der Waals surface area contributed by atoms with Gasteiger partial charge in [-0.15, -0.1) is 0 Å². The molecule has 1 aromatic heterocycles. The summed E-state index contributed by atoms with van der Waals surface area (Å²) in [6, 6.07) is 14.2. The molecule has 7 nitrogen and oxygen atoms in total. The van der Waals surface area contributed by atoms with Crippen LogP contribution in [0, 0.1) is 6.92 Å². The van der Waals surface area contributed by atoms with Crippen molar-refractivity contribution < 1.29 is 4.74 Å².